The van der Waals surface area contributed by atoms with E-state index in [0.29, 0.717) is 0 Å². The van der Waals surface area contributed by atoms with Gasteiger partial charge in [-0.3, -0.25) is 0 Å². The third-order valence-corrected chi connectivity index (χ3v) is 3.48. The van der Waals surface area contributed by atoms with E-state index in [4.69, 9.17) is 5.11 Å². The number of thiocarbonyl (C=S) groups is 2. The van der Waals surface area contributed by atoms with Crippen molar-refractivity contribution in [3.63, 3.8) is 0 Å². The van der Waals surface area contributed by atoms with Gasteiger partial charge in [-0.25, -0.2) is 13.1 Å². The molecule has 0 saturated heterocycles. The quantitative estimate of drug-likeness (QED) is 0.698. The van der Waals surface area contributed by atoms with E-state index >= 15 is 0 Å². The third kappa shape index (κ3) is 7.54. The molecule has 4 N–H and O–H groups in total. The van der Waals surface area contributed by atoms with Crippen molar-refractivity contribution in [3.8, 4) is 0 Å². The molecule has 0 aliphatic heterocycles. The second-order valence-electron chi connectivity index (χ2n) is 3.25. The molecule has 0 bridgehead atoms. The van der Waals surface area contributed by atoms with Crippen molar-refractivity contribution in [2.75, 3.05) is 7.11 Å². The van der Waals surface area contributed by atoms with Gasteiger partial charge in [-0.05, 0) is 43.5 Å². The van der Waals surface area contributed by atoms with Crippen molar-refractivity contribution in [2.24, 2.45) is 5.73 Å². The van der Waals surface area contributed by atoms with E-state index in [1.165, 1.54) is 19.2 Å². The van der Waals surface area contributed by atoms with Gasteiger partial charge in [-0.2, -0.15) is 0 Å². The summed E-state index contributed by atoms with van der Waals surface area (Å²) in [5.74, 6) is 0. The molecule has 19 heavy (non-hydrogen) atoms. The number of nitrogens with one attached hydrogen (secondary N) is 1. The number of nitrogens with two attached hydrogens (primary N) is 1. The van der Waals surface area contributed by atoms with E-state index < -0.39 is 15.2 Å². The van der Waals surface area contributed by atoms with Crippen LogP contribution in [0.1, 0.15) is 5.56 Å². The Bertz CT molecular complexity index is 536. The summed E-state index contributed by atoms with van der Waals surface area (Å²) in [4.78, 5) is 0.160. The summed E-state index contributed by atoms with van der Waals surface area (Å²) >= 11 is 8.49. The van der Waals surface area contributed by atoms with Gasteiger partial charge in [0.2, 0.25) is 0 Å². The third-order valence-electron chi connectivity index (χ3n) is 1.73. The van der Waals surface area contributed by atoms with Crippen LogP contribution in [0, 0.1) is 6.92 Å². The molecular formula is C10H14N2O4S3. The first-order valence-electron chi connectivity index (χ1n) is 4.85. The average molecular weight is 322 g/mol. The lowest BCUT2D eigenvalue weighted by atomic mass is 10.2. The Labute approximate surface area is 122 Å². The van der Waals surface area contributed by atoms with Gasteiger partial charge in [-0.15, -0.1) is 0 Å². The number of sulfonamides is 1. The van der Waals surface area contributed by atoms with Crippen LogP contribution in [-0.2, 0) is 14.8 Å². The molecule has 1 rings (SSSR count). The lowest BCUT2D eigenvalue weighted by Gasteiger charge is -2.07. The van der Waals surface area contributed by atoms with E-state index in [9.17, 15) is 8.42 Å². The van der Waals surface area contributed by atoms with E-state index in [0.717, 1.165) is 5.56 Å². The number of aryl methyl sites for hydroxylation is 1. The van der Waals surface area contributed by atoms with Gasteiger partial charge in [0.05, 0.1) is 12.0 Å². The number of aliphatic hydroxyl groups is 1. The van der Waals surface area contributed by atoms with Gasteiger partial charge < -0.3 is 15.6 Å². The normalized spacial score (nSPS) is 9.79. The first kappa shape index (κ1) is 17.6. The summed E-state index contributed by atoms with van der Waals surface area (Å²) in [6.07, 6.45) is 0. The molecule has 0 aliphatic rings. The SMILES string of the molecule is COC(=S)NS(=O)(=O)c1ccc(C)cc1.NC(O)=S. The van der Waals surface area contributed by atoms with Gasteiger partial charge in [0.15, 0.2) is 0 Å². The van der Waals surface area contributed by atoms with Crippen molar-refractivity contribution in [1.82, 2.24) is 4.72 Å². The Balaban J connectivity index is 0.000000711. The fourth-order valence-corrected chi connectivity index (χ4v) is 2.17. The highest BCUT2D eigenvalue weighted by Crippen LogP contribution is 2.09. The van der Waals surface area contributed by atoms with Crippen molar-refractivity contribution in [3.05, 3.63) is 29.8 Å². The van der Waals surface area contributed by atoms with E-state index in [-0.39, 0.29) is 10.1 Å². The van der Waals surface area contributed by atoms with Crippen LogP contribution < -0.4 is 10.5 Å². The van der Waals surface area contributed by atoms with E-state index in [1.807, 2.05) is 6.92 Å². The summed E-state index contributed by atoms with van der Waals surface area (Å²) in [6.45, 7) is 1.88. The predicted octanol–water partition coefficient (Wildman–Crippen LogP) is 0.993. The molecule has 0 unspecified atom stereocenters. The van der Waals surface area contributed by atoms with E-state index in [2.05, 4.69) is 39.6 Å². The zero-order chi connectivity index (χ0) is 15.1. The second kappa shape index (κ2) is 7.87. The summed E-state index contributed by atoms with van der Waals surface area (Å²) < 4.78 is 30.0. The highest BCUT2D eigenvalue weighted by atomic mass is 32.2. The van der Waals surface area contributed by atoms with Crippen LogP contribution in [0.2, 0.25) is 0 Å². The number of hydrogen-bond donors (Lipinski definition) is 3. The minimum atomic E-state index is -3.60. The Morgan fingerprint density at radius 1 is 1.32 bits per heavy atom. The van der Waals surface area contributed by atoms with Gasteiger partial charge >= 0.3 is 0 Å². The molecule has 0 fully saturated rings. The maximum absolute atomic E-state index is 11.6. The average Bonchev–Trinajstić information content (AvgIpc) is 2.28. The maximum Gasteiger partial charge on any atom is 0.270 e. The number of methoxy groups -OCH3 is 1. The van der Waals surface area contributed by atoms with Crippen LogP contribution in [0.15, 0.2) is 29.2 Å². The molecule has 1 aromatic carbocycles. The zero-order valence-electron chi connectivity index (χ0n) is 10.3. The number of ether oxygens (including phenoxy) is 1. The van der Waals surface area contributed by atoms with Gasteiger partial charge in [-0.1, -0.05) is 17.7 Å². The molecule has 9 heteroatoms. The lowest BCUT2D eigenvalue weighted by Crippen LogP contribution is -2.30. The monoisotopic (exact) mass is 322 g/mol. The van der Waals surface area contributed by atoms with E-state index in [1.54, 1.807) is 12.1 Å². The fraction of sp³-hybridized carbons (Fsp3) is 0.200. The van der Waals surface area contributed by atoms with Crippen molar-refractivity contribution in [2.45, 2.75) is 11.8 Å². The highest BCUT2D eigenvalue weighted by Gasteiger charge is 2.14. The lowest BCUT2D eigenvalue weighted by molar-refractivity contribution is 0.402. The van der Waals surface area contributed by atoms with Crippen LogP contribution in [0.5, 0.6) is 0 Å². The molecule has 0 amide bonds. The Morgan fingerprint density at radius 3 is 2.11 bits per heavy atom. The zero-order valence-corrected chi connectivity index (χ0v) is 12.7. The fourth-order valence-electron chi connectivity index (χ4n) is 0.928. The van der Waals surface area contributed by atoms with Crippen molar-refractivity contribution >= 4 is 44.8 Å². The largest absolute Gasteiger partial charge is 0.487 e. The predicted molar refractivity (Wildman–Crippen MR) is 80.5 cm³/mol. The topological polar surface area (TPSA) is 102 Å². The molecule has 0 aliphatic carbocycles. The molecular weight excluding hydrogens is 308 g/mol. The standard InChI is InChI=1S/C9H11NO3S2.CH3NOS/c1-7-3-5-8(6-4-7)15(11,12)10-9(14)13-2;2-1(3)4/h3-6H,1-2H3,(H,10,14);(H3,2,3,4). The molecule has 106 valence electrons. The Hall–Kier alpha value is -1.45. The molecule has 6 nitrogen and oxygen atoms in total. The molecule has 0 saturated carbocycles. The smallest absolute Gasteiger partial charge is 0.270 e. The van der Waals surface area contributed by atoms with Crippen LogP contribution in [0.3, 0.4) is 0 Å². The number of rotatable bonds is 2. The van der Waals surface area contributed by atoms with Crippen LogP contribution in [0.4, 0.5) is 0 Å². The van der Waals surface area contributed by atoms with Crippen LogP contribution in [-0.4, -0.2) is 31.0 Å². The summed E-state index contributed by atoms with van der Waals surface area (Å²) in [5.41, 5.74) is 5.39. The number of aliphatic hydroxyl groups excluding tert-OH is 1. The van der Waals surface area contributed by atoms with Crippen molar-refractivity contribution in [1.29, 1.82) is 0 Å². The molecule has 0 heterocycles. The Kier molecular flexibility index (Phi) is 7.27. The first-order valence-corrected chi connectivity index (χ1v) is 7.15. The number of hydrogen-bond acceptors (Lipinski definition) is 5. The molecule has 0 spiro atoms. The van der Waals surface area contributed by atoms with Gasteiger partial charge in [0.1, 0.15) is 0 Å². The first-order chi connectivity index (χ1) is 8.69. The molecule has 0 atom stereocenters. The molecule has 1 aromatic rings. The number of benzene rings is 1. The molecule has 0 radical (unpaired) electrons. The van der Waals surface area contributed by atoms with Gasteiger partial charge in [0.25, 0.3) is 20.4 Å². The van der Waals surface area contributed by atoms with Crippen LogP contribution in [0.25, 0.3) is 0 Å². The minimum Gasteiger partial charge on any atom is -0.487 e. The summed E-state index contributed by atoms with van der Waals surface area (Å²) in [6, 6.07) is 6.45. The molecule has 0 aromatic heterocycles. The Morgan fingerprint density at radius 2 is 1.74 bits per heavy atom. The second-order valence-corrected chi connectivity index (χ2v) is 5.72. The highest BCUT2D eigenvalue weighted by molar-refractivity contribution is 7.91. The summed E-state index contributed by atoms with van der Waals surface area (Å²) in [7, 11) is -2.30. The summed E-state index contributed by atoms with van der Waals surface area (Å²) in [5, 5.41) is 6.89. The maximum atomic E-state index is 11.6. The minimum absolute atomic E-state index is 0.160. The van der Waals surface area contributed by atoms with Gasteiger partial charge in [0, 0.05) is 0 Å². The van der Waals surface area contributed by atoms with Crippen LogP contribution >= 0.6 is 24.4 Å². The van der Waals surface area contributed by atoms with Crippen molar-refractivity contribution < 1.29 is 18.3 Å².